The SMILES string of the molecule is CC(=O)NC[C@H]1CN(c2ccc3c(c2)CC(=O)N3CCF)C(=O)O1. The van der Waals surface area contributed by atoms with E-state index in [-0.39, 0.29) is 31.3 Å². The second-order valence-corrected chi connectivity index (χ2v) is 5.78. The van der Waals surface area contributed by atoms with E-state index >= 15 is 0 Å². The van der Waals surface area contributed by atoms with Gasteiger partial charge >= 0.3 is 6.09 Å². The van der Waals surface area contributed by atoms with Crippen LogP contribution in [0.5, 0.6) is 0 Å². The first kappa shape index (κ1) is 16.2. The number of rotatable bonds is 5. The minimum atomic E-state index is -0.601. The molecule has 1 fully saturated rings. The van der Waals surface area contributed by atoms with E-state index in [0.717, 1.165) is 5.56 Å². The summed E-state index contributed by atoms with van der Waals surface area (Å²) in [4.78, 5) is 37.8. The molecule has 1 atom stereocenters. The summed E-state index contributed by atoms with van der Waals surface area (Å²) in [5.74, 6) is -0.333. The van der Waals surface area contributed by atoms with Crippen molar-refractivity contribution < 1.29 is 23.5 Å². The first-order valence-corrected chi connectivity index (χ1v) is 7.71. The lowest BCUT2D eigenvalue weighted by Gasteiger charge is -2.17. The Morgan fingerprint density at radius 2 is 2.21 bits per heavy atom. The number of anilines is 2. The zero-order valence-corrected chi connectivity index (χ0v) is 13.3. The Morgan fingerprint density at radius 1 is 1.42 bits per heavy atom. The predicted molar refractivity (Wildman–Crippen MR) is 84.8 cm³/mol. The van der Waals surface area contributed by atoms with Crippen molar-refractivity contribution >= 4 is 29.3 Å². The minimum Gasteiger partial charge on any atom is -0.442 e. The molecule has 0 unspecified atom stereocenters. The van der Waals surface area contributed by atoms with Gasteiger partial charge in [0.1, 0.15) is 12.8 Å². The molecular formula is C16H18FN3O4. The Labute approximate surface area is 138 Å². The molecule has 0 spiro atoms. The number of alkyl halides is 1. The van der Waals surface area contributed by atoms with E-state index in [0.29, 0.717) is 17.9 Å². The van der Waals surface area contributed by atoms with Crippen LogP contribution in [-0.4, -0.2) is 50.3 Å². The molecule has 0 aliphatic carbocycles. The number of carbonyl (C=O) groups excluding carboxylic acids is 3. The summed E-state index contributed by atoms with van der Waals surface area (Å²) >= 11 is 0. The van der Waals surface area contributed by atoms with Gasteiger partial charge in [0.15, 0.2) is 0 Å². The molecule has 0 bridgehead atoms. The number of cyclic esters (lactones) is 1. The summed E-state index contributed by atoms with van der Waals surface area (Å²) in [5.41, 5.74) is 2.08. The number of fused-ring (bicyclic) bond motifs is 1. The summed E-state index contributed by atoms with van der Waals surface area (Å²) in [6.45, 7) is 1.41. The molecule has 0 radical (unpaired) electrons. The molecule has 1 saturated heterocycles. The number of benzene rings is 1. The Balaban J connectivity index is 1.75. The van der Waals surface area contributed by atoms with Gasteiger partial charge in [0, 0.05) is 18.3 Å². The fourth-order valence-corrected chi connectivity index (χ4v) is 2.96. The molecule has 2 heterocycles. The van der Waals surface area contributed by atoms with Crippen LogP contribution in [-0.2, 0) is 20.7 Å². The minimum absolute atomic E-state index is 0.0374. The number of ether oxygens (including phenoxy) is 1. The maximum Gasteiger partial charge on any atom is 0.414 e. The second kappa shape index (κ2) is 6.46. The highest BCUT2D eigenvalue weighted by atomic mass is 19.1. The molecule has 0 aromatic heterocycles. The first-order valence-electron chi connectivity index (χ1n) is 7.71. The van der Waals surface area contributed by atoms with E-state index < -0.39 is 18.9 Å². The number of nitrogens with zero attached hydrogens (tertiary/aromatic N) is 2. The van der Waals surface area contributed by atoms with Crippen LogP contribution in [0.2, 0.25) is 0 Å². The fraction of sp³-hybridized carbons (Fsp3) is 0.438. The van der Waals surface area contributed by atoms with E-state index in [1.165, 1.54) is 16.7 Å². The summed E-state index contributed by atoms with van der Waals surface area (Å²) < 4.78 is 17.8. The van der Waals surface area contributed by atoms with Crippen LogP contribution in [0.4, 0.5) is 20.6 Å². The zero-order valence-electron chi connectivity index (χ0n) is 13.3. The van der Waals surface area contributed by atoms with E-state index in [2.05, 4.69) is 5.32 Å². The molecule has 2 aliphatic rings. The van der Waals surface area contributed by atoms with Gasteiger partial charge in [-0.05, 0) is 23.8 Å². The van der Waals surface area contributed by atoms with Crippen molar-refractivity contribution in [1.82, 2.24) is 5.32 Å². The van der Waals surface area contributed by atoms with Gasteiger partial charge in [-0.15, -0.1) is 0 Å². The van der Waals surface area contributed by atoms with Crippen molar-refractivity contribution in [2.24, 2.45) is 0 Å². The normalized spacial score (nSPS) is 19.5. The van der Waals surface area contributed by atoms with Crippen LogP contribution in [0, 0.1) is 0 Å². The Kier molecular flexibility index (Phi) is 4.37. The lowest BCUT2D eigenvalue weighted by Crippen LogP contribution is -2.33. The smallest absolute Gasteiger partial charge is 0.414 e. The molecule has 1 N–H and O–H groups in total. The van der Waals surface area contributed by atoms with Crippen LogP contribution in [0.3, 0.4) is 0 Å². The second-order valence-electron chi connectivity index (χ2n) is 5.78. The van der Waals surface area contributed by atoms with Crippen molar-refractivity contribution in [3.05, 3.63) is 23.8 Å². The van der Waals surface area contributed by atoms with Crippen molar-refractivity contribution in [3.63, 3.8) is 0 Å². The van der Waals surface area contributed by atoms with E-state index in [4.69, 9.17) is 4.74 Å². The summed E-state index contributed by atoms with van der Waals surface area (Å²) in [6.07, 6.45) is -0.712. The molecule has 1 aromatic carbocycles. The maximum absolute atomic E-state index is 12.6. The third-order valence-corrected chi connectivity index (χ3v) is 4.07. The molecule has 7 nitrogen and oxygen atoms in total. The number of nitrogens with one attached hydrogen (secondary N) is 1. The number of hydrogen-bond donors (Lipinski definition) is 1. The van der Waals surface area contributed by atoms with Gasteiger partial charge in [-0.1, -0.05) is 0 Å². The summed E-state index contributed by atoms with van der Waals surface area (Å²) in [7, 11) is 0. The van der Waals surface area contributed by atoms with Crippen LogP contribution in [0.15, 0.2) is 18.2 Å². The molecule has 2 aliphatic heterocycles. The zero-order chi connectivity index (χ0) is 17.3. The molecule has 3 amide bonds. The third kappa shape index (κ3) is 3.04. The molecule has 24 heavy (non-hydrogen) atoms. The van der Waals surface area contributed by atoms with Crippen molar-refractivity contribution in [3.8, 4) is 0 Å². The standard InChI is InChI=1S/C16H18FN3O4/c1-10(21)18-8-13-9-20(16(23)24-13)12-2-3-14-11(6-12)7-15(22)19(14)5-4-17/h2-3,6,13H,4-5,7-9H2,1H3,(H,18,21)/t13-/m0/s1. The van der Waals surface area contributed by atoms with E-state index in [1.807, 2.05) is 0 Å². The van der Waals surface area contributed by atoms with Crippen LogP contribution >= 0.6 is 0 Å². The highest BCUT2D eigenvalue weighted by Gasteiger charge is 2.34. The Bertz CT molecular complexity index is 694. The molecule has 3 rings (SSSR count). The van der Waals surface area contributed by atoms with Crippen molar-refractivity contribution in [1.29, 1.82) is 0 Å². The quantitative estimate of drug-likeness (QED) is 0.871. The number of halogens is 1. The average Bonchev–Trinajstić information content (AvgIpc) is 3.05. The van der Waals surface area contributed by atoms with Gasteiger partial charge < -0.3 is 15.0 Å². The molecule has 0 saturated carbocycles. The highest BCUT2D eigenvalue weighted by Crippen LogP contribution is 2.33. The lowest BCUT2D eigenvalue weighted by atomic mass is 10.1. The van der Waals surface area contributed by atoms with Crippen LogP contribution < -0.4 is 15.1 Å². The predicted octanol–water partition coefficient (Wildman–Crippen LogP) is 1.01. The van der Waals surface area contributed by atoms with Gasteiger partial charge in [-0.2, -0.15) is 0 Å². The maximum atomic E-state index is 12.6. The van der Waals surface area contributed by atoms with Crippen molar-refractivity contribution in [2.45, 2.75) is 19.4 Å². The number of carbonyl (C=O) groups is 3. The number of hydrogen-bond acceptors (Lipinski definition) is 4. The average molecular weight is 335 g/mol. The first-order chi connectivity index (χ1) is 11.5. The number of amides is 3. The van der Waals surface area contributed by atoms with Crippen molar-refractivity contribution in [2.75, 3.05) is 36.1 Å². The Hall–Kier alpha value is -2.64. The fourth-order valence-electron chi connectivity index (χ4n) is 2.96. The molecular weight excluding hydrogens is 317 g/mol. The lowest BCUT2D eigenvalue weighted by molar-refractivity contribution is -0.119. The third-order valence-electron chi connectivity index (χ3n) is 4.07. The van der Waals surface area contributed by atoms with Crippen LogP contribution in [0.25, 0.3) is 0 Å². The van der Waals surface area contributed by atoms with Gasteiger partial charge in [0.25, 0.3) is 0 Å². The Morgan fingerprint density at radius 3 is 2.92 bits per heavy atom. The van der Waals surface area contributed by atoms with Gasteiger partial charge in [-0.25, -0.2) is 9.18 Å². The molecule has 8 heteroatoms. The monoisotopic (exact) mass is 335 g/mol. The van der Waals surface area contributed by atoms with Gasteiger partial charge in [0.05, 0.1) is 26.1 Å². The molecule has 128 valence electrons. The summed E-state index contributed by atoms with van der Waals surface area (Å²) in [5, 5.41) is 2.62. The van der Waals surface area contributed by atoms with Crippen LogP contribution in [0.1, 0.15) is 12.5 Å². The topological polar surface area (TPSA) is 79.0 Å². The summed E-state index contributed by atoms with van der Waals surface area (Å²) in [6, 6.07) is 5.19. The molecule has 1 aromatic rings. The van der Waals surface area contributed by atoms with Gasteiger partial charge in [0.2, 0.25) is 11.8 Å². The van der Waals surface area contributed by atoms with Gasteiger partial charge in [-0.3, -0.25) is 14.5 Å². The highest BCUT2D eigenvalue weighted by molar-refractivity contribution is 6.02. The largest absolute Gasteiger partial charge is 0.442 e. The van der Waals surface area contributed by atoms with E-state index in [1.54, 1.807) is 18.2 Å². The van der Waals surface area contributed by atoms with E-state index in [9.17, 15) is 18.8 Å².